The third-order valence-electron chi connectivity index (χ3n) is 4.05. The van der Waals surface area contributed by atoms with E-state index in [-0.39, 0.29) is 5.54 Å². The highest BCUT2D eigenvalue weighted by atomic mass is 16.5. The Morgan fingerprint density at radius 2 is 2.06 bits per heavy atom. The van der Waals surface area contributed by atoms with Crippen LogP contribution in [-0.2, 0) is 4.74 Å². The van der Waals surface area contributed by atoms with Crippen LogP contribution in [0.1, 0.15) is 33.6 Å². The van der Waals surface area contributed by atoms with Crippen molar-refractivity contribution in [2.24, 2.45) is 0 Å². The van der Waals surface area contributed by atoms with Crippen LogP contribution in [0.2, 0.25) is 0 Å². The molecule has 1 rings (SSSR count). The molecule has 0 amide bonds. The summed E-state index contributed by atoms with van der Waals surface area (Å²) >= 11 is 0. The van der Waals surface area contributed by atoms with E-state index >= 15 is 0 Å². The number of hydrogen-bond acceptors (Lipinski definition) is 3. The molecule has 0 aromatic heterocycles. The Balaban J connectivity index is 2.77. The van der Waals surface area contributed by atoms with Crippen LogP contribution >= 0.6 is 0 Å². The van der Waals surface area contributed by atoms with Crippen LogP contribution < -0.4 is 5.32 Å². The molecule has 3 nitrogen and oxygen atoms in total. The minimum Gasteiger partial charge on any atom is -0.379 e. The maximum atomic E-state index is 5.46. The minimum atomic E-state index is 0.202. The van der Waals surface area contributed by atoms with Crippen molar-refractivity contribution in [3.05, 3.63) is 12.7 Å². The zero-order valence-corrected chi connectivity index (χ0v) is 11.7. The van der Waals surface area contributed by atoms with Crippen molar-refractivity contribution >= 4 is 0 Å². The van der Waals surface area contributed by atoms with Gasteiger partial charge in [0.2, 0.25) is 0 Å². The molecule has 1 N–H and O–H groups in total. The fourth-order valence-electron chi connectivity index (χ4n) is 2.73. The molecular formula is C14H28N2O. The van der Waals surface area contributed by atoms with Crippen LogP contribution in [0.5, 0.6) is 0 Å². The zero-order valence-electron chi connectivity index (χ0n) is 11.7. The van der Waals surface area contributed by atoms with Gasteiger partial charge in [0.15, 0.2) is 0 Å². The average Bonchev–Trinajstić information content (AvgIpc) is 2.38. The highest BCUT2D eigenvalue weighted by molar-refractivity contribution is 4.99. The SMILES string of the molecule is C=CCC(NCC)C(C)(CC)N1CCOCC1. The van der Waals surface area contributed by atoms with Gasteiger partial charge in [-0.05, 0) is 26.3 Å². The van der Waals surface area contributed by atoms with Gasteiger partial charge in [0.25, 0.3) is 0 Å². The molecule has 0 saturated carbocycles. The molecule has 1 aliphatic heterocycles. The molecule has 0 aromatic carbocycles. The Labute approximate surface area is 106 Å². The Hall–Kier alpha value is -0.380. The second-order valence-electron chi connectivity index (χ2n) is 4.94. The van der Waals surface area contributed by atoms with Crippen molar-refractivity contribution in [2.75, 3.05) is 32.8 Å². The number of nitrogens with one attached hydrogen (secondary N) is 1. The molecule has 0 aliphatic carbocycles. The molecule has 3 heteroatoms. The third kappa shape index (κ3) is 3.54. The first-order valence-electron chi connectivity index (χ1n) is 6.86. The van der Waals surface area contributed by atoms with Crippen molar-refractivity contribution in [2.45, 2.75) is 45.2 Å². The Morgan fingerprint density at radius 3 is 2.53 bits per heavy atom. The molecule has 2 unspecified atom stereocenters. The number of nitrogens with zero attached hydrogens (tertiary/aromatic N) is 1. The van der Waals surface area contributed by atoms with E-state index in [0.29, 0.717) is 6.04 Å². The van der Waals surface area contributed by atoms with Crippen molar-refractivity contribution in [1.29, 1.82) is 0 Å². The summed E-state index contributed by atoms with van der Waals surface area (Å²) in [4.78, 5) is 2.58. The van der Waals surface area contributed by atoms with E-state index in [1.54, 1.807) is 0 Å². The molecule has 0 radical (unpaired) electrons. The molecule has 0 spiro atoms. The second-order valence-corrected chi connectivity index (χ2v) is 4.94. The van der Waals surface area contributed by atoms with Crippen molar-refractivity contribution in [1.82, 2.24) is 10.2 Å². The van der Waals surface area contributed by atoms with E-state index in [2.05, 4.69) is 37.6 Å². The van der Waals surface area contributed by atoms with E-state index < -0.39 is 0 Å². The average molecular weight is 240 g/mol. The lowest BCUT2D eigenvalue weighted by Crippen LogP contribution is -2.61. The Bertz CT molecular complexity index is 226. The summed E-state index contributed by atoms with van der Waals surface area (Å²) in [5.41, 5.74) is 0.202. The Morgan fingerprint density at radius 1 is 1.41 bits per heavy atom. The van der Waals surface area contributed by atoms with Gasteiger partial charge < -0.3 is 10.1 Å². The lowest BCUT2D eigenvalue weighted by atomic mass is 9.84. The van der Waals surface area contributed by atoms with E-state index in [4.69, 9.17) is 4.74 Å². The third-order valence-corrected chi connectivity index (χ3v) is 4.05. The fourth-order valence-corrected chi connectivity index (χ4v) is 2.73. The van der Waals surface area contributed by atoms with Crippen LogP contribution in [0.4, 0.5) is 0 Å². The highest BCUT2D eigenvalue weighted by Crippen LogP contribution is 2.26. The van der Waals surface area contributed by atoms with Gasteiger partial charge in [0.05, 0.1) is 13.2 Å². The molecule has 17 heavy (non-hydrogen) atoms. The maximum Gasteiger partial charge on any atom is 0.0594 e. The predicted molar refractivity (Wildman–Crippen MR) is 73.4 cm³/mol. The number of rotatable bonds is 7. The number of hydrogen-bond donors (Lipinski definition) is 1. The normalized spacial score (nSPS) is 23.0. The lowest BCUT2D eigenvalue weighted by Gasteiger charge is -2.48. The summed E-state index contributed by atoms with van der Waals surface area (Å²) < 4.78 is 5.46. The van der Waals surface area contributed by atoms with Gasteiger partial charge in [-0.15, -0.1) is 6.58 Å². The predicted octanol–water partition coefficient (Wildman–Crippen LogP) is 2.04. The fraction of sp³-hybridized carbons (Fsp3) is 0.857. The first kappa shape index (κ1) is 14.7. The quantitative estimate of drug-likeness (QED) is 0.689. The molecule has 0 bridgehead atoms. The summed E-state index contributed by atoms with van der Waals surface area (Å²) in [5, 5.41) is 3.62. The summed E-state index contributed by atoms with van der Waals surface area (Å²) in [5.74, 6) is 0. The van der Waals surface area contributed by atoms with E-state index in [9.17, 15) is 0 Å². The van der Waals surface area contributed by atoms with Crippen LogP contribution in [-0.4, -0.2) is 49.3 Å². The standard InChI is InChI=1S/C14H28N2O/c1-5-8-13(15-7-3)14(4,6-2)16-9-11-17-12-10-16/h5,13,15H,1,6-12H2,2-4H3. The second kappa shape index (κ2) is 7.14. The lowest BCUT2D eigenvalue weighted by molar-refractivity contribution is -0.0316. The van der Waals surface area contributed by atoms with E-state index in [1.807, 2.05) is 6.08 Å². The number of ether oxygens (including phenoxy) is 1. The molecule has 1 saturated heterocycles. The van der Waals surface area contributed by atoms with Gasteiger partial charge in [-0.25, -0.2) is 0 Å². The van der Waals surface area contributed by atoms with Crippen LogP contribution in [0.25, 0.3) is 0 Å². The van der Waals surface area contributed by atoms with Crippen molar-refractivity contribution < 1.29 is 4.74 Å². The minimum absolute atomic E-state index is 0.202. The molecule has 1 fully saturated rings. The Kier molecular flexibility index (Phi) is 6.17. The van der Waals surface area contributed by atoms with Gasteiger partial charge in [0.1, 0.15) is 0 Å². The van der Waals surface area contributed by atoms with Crippen molar-refractivity contribution in [3.8, 4) is 0 Å². The van der Waals surface area contributed by atoms with Crippen LogP contribution in [0, 0.1) is 0 Å². The molecule has 2 atom stereocenters. The largest absolute Gasteiger partial charge is 0.379 e. The monoisotopic (exact) mass is 240 g/mol. The summed E-state index contributed by atoms with van der Waals surface area (Å²) in [6.45, 7) is 15.5. The highest BCUT2D eigenvalue weighted by Gasteiger charge is 2.37. The van der Waals surface area contributed by atoms with Gasteiger partial charge in [-0.3, -0.25) is 4.90 Å². The first-order chi connectivity index (χ1) is 8.19. The van der Waals surface area contributed by atoms with Gasteiger partial charge in [-0.2, -0.15) is 0 Å². The van der Waals surface area contributed by atoms with Crippen molar-refractivity contribution in [3.63, 3.8) is 0 Å². The van der Waals surface area contributed by atoms with Gasteiger partial charge >= 0.3 is 0 Å². The van der Waals surface area contributed by atoms with Crippen LogP contribution in [0.3, 0.4) is 0 Å². The molecule has 100 valence electrons. The summed E-state index contributed by atoms with van der Waals surface area (Å²) in [6.07, 6.45) is 4.20. The number of likely N-dealkylation sites (N-methyl/N-ethyl adjacent to an activating group) is 1. The summed E-state index contributed by atoms with van der Waals surface area (Å²) in [6, 6.07) is 0.480. The maximum absolute atomic E-state index is 5.46. The molecule has 0 aromatic rings. The first-order valence-corrected chi connectivity index (χ1v) is 6.86. The topological polar surface area (TPSA) is 24.5 Å². The van der Waals surface area contributed by atoms with E-state index in [1.165, 1.54) is 0 Å². The number of morpholine rings is 1. The molecule has 1 aliphatic rings. The van der Waals surface area contributed by atoms with Crippen LogP contribution in [0.15, 0.2) is 12.7 Å². The molecule has 1 heterocycles. The van der Waals surface area contributed by atoms with E-state index in [0.717, 1.165) is 45.7 Å². The smallest absolute Gasteiger partial charge is 0.0594 e. The molecular weight excluding hydrogens is 212 g/mol. The zero-order chi connectivity index (χ0) is 12.7. The van der Waals surface area contributed by atoms with Gasteiger partial charge in [0, 0.05) is 24.7 Å². The van der Waals surface area contributed by atoms with Gasteiger partial charge in [-0.1, -0.05) is 19.9 Å². The summed E-state index contributed by atoms with van der Waals surface area (Å²) in [7, 11) is 0.